The van der Waals surface area contributed by atoms with Crippen molar-refractivity contribution in [1.82, 2.24) is 4.98 Å². The molecule has 100 valence electrons. The normalized spacial score (nSPS) is 11.3. The highest BCUT2D eigenvalue weighted by Gasteiger charge is 2.06. The van der Waals surface area contributed by atoms with Gasteiger partial charge in [-0.3, -0.25) is 4.72 Å². The summed E-state index contributed by atoms with van der Waals surface area (Å²) in [4.78, 5) is 3.91. The first-order chi connectivity index (χ1) is 8.83. The molecular formula is C12H10BrClN2O2S. The number of anilines is 1. The van der Waals surface area contributed by atoms with E-state index in [1.165, 1.54) is 0 Å². The van der Waals surface area contributed by atoms with Gasteiger partial charge in [0.05, 0.1) is 11.9 Å². The maximum Gasteiger partial charge on any atom is 0.229 e. The maximum atomic E-state index is 11.3. The molecule has 1 aromatic heterocycles. The molecule has 0 saturated heterocycles. The lowest BCUT2D eigenvalue weighted by atomic mass is 10.1. The van der Waals surface area contributed by atoms with E-state index in [1.54, 1.807) is 30.5 Å². The van der Waals surface area contributed by atoms with E-state index in [0.717, 1.165) is 21.9 Å². The Balaban J connectivity index is 2.47. The van der Waals surface area contributed by atoms with Crippen LogP contribution in [-0.2, 0) is 10.0 Å². The molecule has 2 rings (SSSR count). The van der Waals surface area contributed by atoms with Crippen molar-refractivity contribution in [2.45, 2.75) is 0 Å². The molecule has 4 nitrogen and oxygen atoms in total. The van der Waals surface area contributed by atoms with E-state index in [4.69, 9.17) is 11.6 Å². The van der Waals surface area contributed by atoms with Crippen molar-refractivity contribution in [3.05, 3.63) is 46.2 Å². The number of sulfonamides is 1. The molecule has 0 bridgehead atoms. The van der Waals surface area contributed by atoms with E-state index < -0.39 is 10.0 Å². The van der Waals surface area contributed by atoms with Gasteiger partial charge < -0.3 is 0 Å². The molecule has 0 spiro atoms. The first-order valence-corrected chi connectivity index (χ1v) is 8.30. The Morgan fingerprint density at radius 1 is 1.21 bits per heavy atom. The maximum absolute atomic E-state index is 11.3. The Hall–Kier alpha value is -1.11. The van der Waals surface area contributed by atoms with Crippen molar-refractivity contribution in [2.75, 3.05) is 11.0 Å². The van der Waals surface area contributed by atoms with Crippen LogP contribution in [0.15, 0.2) is 41.0 Å². The highest BCUT2D eigenvalue weighted by Crippen LogP contribution is 2.28. The Morgan fingerprint density at radius 2 is 1.95 bits per heavy atom. The summed E-state index contributed by atoms with van der Waals surface area (Å²) >= 11 is 9.20. The smallest absolute Gasteiger partial charge is 0.229 e. The lowest BCUT2D eigenvalue weighted by molar-refractivity contribution is 0.607. The average Bonchev–Trinajstić information content (AvgIpc) is 2.25. The van der Waals surface area contributed by atoms with Gasteiger partial charge >= 0.3 is 0 Å². The first kappa shape index (κ1) is 14.3. The van der Waals surface area contributed by atoms with E-state index >= 15 is 0 Å². The second-order valence-electron chi connectivity index (χ2n) is 3.97. The second-order valence-corrected chi connectivity index (χ2v) is 7.02. The molecule has 0 aliphatic carbocycles. The van der Waals surface area contributed by atoms with Crippen LogP contribution >= 0.6 is 27.5 Å². The summed E-state index contributed by atoms with van der Waals surface area (Å²) in [6.45, 7) is 0. The Kier molecular flexibility index (Phi) is 4.13. The van der Waals surface area contributed by atoms with E-state index in [2.05, 4.69) is 25.6 Å². The van der Waals surface area contributed by atoms with E-state index in [1.807, 2.05) is 6.07 Å². The minimum atomic E-state index is -3.31. The lowest BCUT2D eigenvalue weighted by Crippen LogP contribution is -2.09. The van der Waals surface area contributed by atoms with E-state index in [9.17, 15) is 8.42 Å². The average molecular weight is 362 g/mol. The van der Waals surface area contributed by atoms with Gasteiger partial charge in [-0.1, -0.05) is 27.5 Å². The van der Waals surface area contributed by atoms with Crippen LogP contribution in [0.1, 0.15) is 0 Å². The molecule has 0 aliphatic rings. The molecule has 0 atom stereocenters. The van der Waals surface area contributed by atoms with Gasteiger partial charge in [0.2, 0.25) is 10.0 Å². The molecule has 19 heavy (non-hydrogen) atoms. The summed E-state index contributed by atoms with van der Waals surface area (Å²) in [7, 11) is -3.31. The van der Waals surface area contributed by atoms with E-state index in [0.29, 0.717) is 10.8 Å². The molecule has 0 unspecified atom stereocenters. The lowest BCUT2D eigenvalue weighted by Gasteiger charge is -2.08. The number of nitrogens with zero attached hydrogens (tertiary/aromatic N) is 1. The minimum Gasteiger partial charge on any atom is -0.284 e. The van der Waals surface area contributed by atoms with Crippen LogP contribution in [0.4, 0.5) is 5.69 Å². The molecule has 0 radical (unpaired) electrons. The van der Waals surface area contributed by atoms with Gasteiger partial charge in [-0.25, -0.2) is 13.4 Å². The summed E-state index contributed by atoms with van der Waals surface area (Å²) < 4.78 is 25.7. The summed E-state index contributed by atoms with van der Waals surface area (Å²) in [5, 5.41) is 0.384. The second kappa shape index (κ2) is 5.48. The van der Waals surface area contributed by atoms with Gasteiger partial charge in [0.25, 0.3) is 0 Å². The summed E-state index contributed by atoms with van der Waals surface area (Å²) in [6, 6.07) is 8.81. The molecule has 2 aromatic rings. The van der Waals surface area contributed by atoms with Gasteiger partial charge in [0.15, 0.2) is 0 Å². The molecule has 1 heterocycles. The standard InChI is InChI=1S/C12H10BrClN2O2S/c1-19(17,18)16-11-5-9(4-10(13)7-11)8-2-3-15-12(14)6-8/h2-7,16H,1H3. The van der Waals surface area contributed by atoms with Gasteiger partial charge in [-0.05, 0) is 41.5 Å². The van der Waals surface area contributed by atoms with E-state index in [-0.39, 0.29) is 0 Å². The van der Waals surface area contributed by atoms with Crippen LogP contribution in [0.5, 0.6) is 0 Å². The molecule has 1 N–H and O–H groups in total. The number of rotatable bonds is 3. The van der Waals surface area contributed by atoms with Crippen LogP contribution in [0.2, 0.25) is 5.15 Å². The number of aromatic nitrogens is 1. The van der Waals surface area contributed by atoms with Crippen molar-refractivity contribution < 1.29 is 8.42 Å². The van der Waals surface area contributed by atoms with Crippen molar-refractivity contribution in [2.24, 2.45) is 0 Å². The number of benzene rings is 1. The van der Waals surface area contributed by atoms with Gasteiger partial charge in [-0.15, -0.1) is 0 Å². The van der Waals surface area contributed by atoms with Crippen molar-refractivity contribution in [1.29, 1.82) is 0 Å². The number of hydrogen-bond donors (Lipinski definition) is 1. The highest BCUT2D eigenvalue weighted by molar-refractivity contribution is 9.10. The summed E-state index contributed by atoms with van der Waals surface area (Å²) in [5.41, 5.74) is 2.18. The predicted molar refractivity (Wildman–Crippen MR) is 80.8 cm³/mol. The highest BCUT2D eigenvalue weighted by atomic mass is 79.9. The number of nitrogens with one attached hydrogen (secondary N) is 1. The van der Waals surface area contributed by atoms with Crippen LogP contribution in [-0.4, -0.2) is 19.7 Å². The number of halogens is 2. The number of pyridine rings is 1. The summed E-state index contributed by atoms with van der Waals surface area (Å²) in [6.07, 6.45) is 2.71. The third-order valence-corrected chi connectivity index (χ3v) is 3.53. The zero-order valence-corrected chi connectivity index (χ0v) is 13.1. The molecule has 7 heteroatoms. The number of hydrogen-bond acceptors (Lipinski definition) is 3. The Morgan fingerprint density at radius 3 is 2.58 bits per heavy atom. The monoisotopic (exact) mass is 360 g/mol. The summed E-state index contributed by atoms with van der Waals surface area (Å²) in [5.74, 6) is 0. The third-order valence-electron chi connectivity index (χ3n) is 2.26. The SMILES string of the molecule is CS(=O)(=O)Nc1cc(Br)cc(-c2ccnc(Cl)c2)c1. The molecule has 0 fully saturated rings. The third kappa shape index (κ3) is 4.19. The van der Waals surface area contributed by atoms with Crippen LogP contribution in [0.3, 0.4) is 0 Å². The quantitative estimate of drug-likeness (QED) is 0.851. The van der Waals surface area contributed by atoms with Gasteiger partial charge in [0, 0.05) is 10.7 Å². The molecule has 0 amide bonds. The van der Waals surface area contributed by atoms with Crippen LogP contribution in [0, 0.1) is 0 Å². The van der Waals surface area contributed by atoms with Gasteiger partial charge in [0.1, 0.15) is 5.15 Å². The van der Waals surface area contributed by atoms with Crippen molar-refractivity contribution in [3.8, 4) is 11.1 Å². The molecule has 0 aliphatic heterocycles. The van der Waals surface area contributed by atoms with Crippen molar-refractivity contribution in [3.63, 3.8) is 0 Å². The van der Waals surface area contributed by atoms with Crippen LogP contribution < -0.4 is 4.72 Å². The molecule has 0 saturated carbocycles. The van der Waals surface area contributed by atoms with Crippen molar-refractivity contribution >= 4 is 43.2 Å². The Bertz CT molecular complexity index is 719. The first-order valence-electron chi connectivity index (χ1n) is 5.24. The zero-order chi connectivity index (χ0) is 14.0. The Labute approximate surface area is 125 Å². The predicted octanol–water partition coefficient (Wildman–Crippen LogP) is 3.54. The molecule has 1 aromatic carbocycles. The zero-order valence-electron chi connectivity index (χ0n) is 9.89. The minimum absolute atomic E-state index is 0.384. The molecular weight excluding hydrogens is 352 g/mol. The largest absolute Gasteiger partial charge is 0.284 e. The van der Waals surface area contributed by atoms with Gasteiger partial charge in [-0.2, -0.15) is 0 Å². The van der Waals surface area contributed by atoms with Crippen LogP contribution in [0.25, 0.3) is 11.1 Å². The fourth-order valence-electron chi connectivity index (χ4n) is 1.61. The fraction of sp³-hybridized carbons (Fsp3) is 0.0833. The topological polar surface area (TPSA) is 59.1 Å². The fourth-order valence-corrected chi connectivity index (χ4v) is 2.82.